The maximum absolute atomic E-state index is 2.30. The van der Waals surface area contributed by atoms with Gasteiger partial charge in [0.25, 0.3) is 0 Å². The van der Waals surface area contributed by atoms with Crippen molar-refractivity contribution >= 4 is 53.9 Å². The van der Waals surface area contributed by atoms with Gasteiger partial charge in [-0.15, -0.1) is 0 Å². The Labute approximate surface area is 174 Å². The van der Waals surface area contributed by atoms with Gasteiger partial charge >= 0.3 is 0 Å². The van der Waals surface area contributed by atoms with Gasteiger partial charge in [-0.2, -0.15) is 0 Å². The monoisotopic (exact) mass is 378 g/mol. The van der Waals surface area contributed by atoms with Gasteiger partial charge in [-0.05, 0) is 65.0 Å². The second kappa shape index (κ2) is 5.81. The molecule has 0 N–H and O–H groups in total. The summed E-state index contributed by atoms with van der Waals surface area (Å²) in [4.78, 5) is 0. The van der Waals surface area contributed by atoms with E-state index in [1.165, 1.54) is 65.0 Å². The molecule has 0 bridgehead atoms. The lowest BCUT2D eigenvalue weighted by Crippen LogP contribution is -1.91. The van der Waals surface area contributed by atoms with Crippen molar-refractivity contribution in [3.8, 4) is 11.1 Å². The highest BCUT2D eigenvalue weighted by molar-refractivity contribution is 6.40. The largest absolute Gasteiger partial charge is 0.0622 e. The molecule has 0 atom stereocenters. The van der Waals surface area contributed by atoms with Gasteiger partial charge in [-0.1, -0.05) is 109 Å². The second-order valence-corrected chi connectivity index (χ2v) is 8.10. The first-order valence-corrected chi connectivity index (χ1v) is 10.5. The molecule has 7 aromatic rings. The Balaban J connectivity index is 1.90. The molecule has 0 aliphatic rings. The minimum absolute atomic E-state index is 1.27. The van der Waals surface area contributed by atoms with E-state index in [4.69, 9.17) is 0 Å². The molecule has 0 aliphatic carbocycles. The Morgan fingerprint density at radius 3 is 1.60 bits per heavy atom. The van der Waals surface area contributed by atoms with Crippen molar-refractivity contribution in [2.45, 2.75) is 0 Å². The van der Waals surface area contributed by atoms with Crippen molar-refractivity contribution < 1.29 is 0 Å². The van der Waals surface area contributed by atoms with Crippen LogP contribution in [-0.2, 0) is 0 Å². The third-order valence-electron chi connectivity index (χ3n) is 6.58. The molecule has 7 rings (SSSR count). The molecule has 0 spiro atoms. The second-order valence-electron chi connectivity index (χ2n) is 8.10. The van der Waals surface area contributed by atoms with E-state index < -0.39 is 0 Å². The molecule has 0 aliphatic heterocycles. The van der Waals surface area contributed by atoms with Crippen LogP contribution in [0.15, 0.2) is 109 Å². The molecule has 0 unspecified atom stereocenters. The first kappa shape index (κ1) is 16.0. The number of hydrogen-bond acceptors (Lipinski definition) is 0. The summed E-state index contributed by atoms with van der Waals surface area (Å²) in [6.45, 7) is 0. The molecule has 0 fully saturated rings. The van der Waals surface area contributed by atoms with E-state index in [1.807, 2.05) is 0 Å². The fourth-order valence-electron chi connectivity index (χ4n) is 5.42. The molecular weight excluding hydrogens is 360 g/mol. The maximum atomic E-state index is 2.30. The molecule has 0 amide bonds. The van der Waals surface area contributed by atoms with Gasteiger partial charge in [0.15, 0.2) is 0 Å². The zero-order valence-corrected chi connectivity index (χ0v) is 16.4. The van der Waals surface area contributed by atoms with Gasteiger partial charge in [-0.25, -0.2) is 0 Å². The lowest BCUT2D eigenvalue weighted by atomic mass is 9.83. The topological polar surface area (TPSA) is 0 Å². The quantitative estimate of drug-likeness (QED) is 0.198. The Morgan fingerprint density at radius 1 is 0.300 bits per heavy atom. The van der Waals surface area contributed by atoms with E-state index in [-0.39, 0.29) is 0 Å². The zero-order valence-electron chi connectivity index (χ0n) is 16.4. The average molecular weight is 378 g/mol. The van der Waals surface area contributed by atoms with Crippen LogP contribution in [0.4, 0.5) is 0 Å². The van der Waals surface area contributed by atoms with Gasteiger partial charge in [0, 0.05) is 0 Å². The van der Waals surface area contributed by atoms with Crippen LogP contribution in [-0.4, -0.2) is 0 Å². The molecule has 0 saturated carbocycles. The summed E-state index contributed by atoms with van der Waals surface area (Å²) in [7, 11) is 0. The highest BCUT2D eigenvalue weighted by atomic mass is 14.2. The van der Waals surface area contributed by atoms with Crippen molar-refractivity contribution in [3.05, 3.63) is 109 Å². The van der Waals surface area contributed by atoms with E-state index in [2.05, 4.69) is 109 Å². The van der Waals surface area contributed by atoms with E-state index in [0.29, 0.717) is 0 Å². The first-order chi connectivity index (χ1) is 14.9. The summed E-state index contributed by atoms with van der Waals surface area (Å²) in [6.07, 6.45) is 0. The lowest BCUT2D eigenvalue weighted by Gasteiger charge is -2.19. The molecule has 0 saturated heterocycles. The molecule has 7 aromatic carbocycles. The Hall–Kier alpha value is -3.90. The van der Waals surface area contributed by atoms with Gasteiger partial charge in [0.05, 0.1) is 0 Å². The minimum Gasteiger partial charge on any atom is -0.0622 e. The van der Waals surface area contributed by atoms with Gasteiger partial charge < -0.3 is 0 Å². The van der Waals surface area contributed by atoms with Crippen LogP contribution in [0, 0.1) is 0 Å². The molecule has 0 nitrogen and oxygen atoms in total. The molecular formula is C30H18. The summed E-state index contributed by atoms with van der Waals surface area (Å²) < 4.78 is 0. The van der Waals surface area contributed by atoms with E-state index in [9.17, 15) is 0 Å². The van der Waals surface area contributed by atoms with Crippen molar-refractivity contribution in [2.24, 2.45) is 0 Å². The minimum atomic E-state index is 1.27. The fraction of sp³-hybridized carbons (Fsp3) is 0. The van der Waals surface area contributed by atoms with Crippen LogP contribution in [0.25, 0.3) is 65.0 Å². The Bertz CT molecular complexity index is 1720. The van der Waals surface area contributed by atoms with Crippen LogP contribution in [0.1, 0.15) is 0 Å². The molecule has 0 heteroatoms. The average Bonchev–Trinajstić information content (AvgIpc) is 2.82. The van der Waals surface area contributed by atoms with E-state index in [1.54, 1.807) is 0 Å². The SMILES string of the molecule is c1ccc(-c2c3ccccc3c3c4cccc5cccc(c6cccc2c63)c54)cc1. The number of benzene rings is 7. The maximum Gasteiger partial charge on any atom is -0.00137 e. The van der Waals surface area contributed by atoms with Gasteiger partial charge in [0.1, 0.15) is 0 Å². The van der Waals surface area contributed by atoms with E-state index in [0.717, 1.165) is 0 Å². The lowest BCUT2D eigenvalue weighted by molar-refractivity contribution is 1.68. The first-order valence-electron chi connectivity index (χ1n) is 10.5. The van der Waals surface area contributed by atoms with E-state index >= 15 is 0 Å². The van der Waals surface area contributed by atoms with Crippen molar-refractivity contribution in [2.75, 3.05) is 0 Å². The number of hydrogen-bond donors (Lipinski definition) is 0. The van der Waals surface area contributed by atoms with Crippen LogP contribution in [0.5, 0.6) is 0 Å². The smallest absolute Gasteiger partial charge is 0.00137 e. The van der Waals surface area contributed by atoms with Crippen molar-refractivity contribution in [1.29, 1.82) is 0 Å². The van der Waals surface area contributed by atoms with Crippen molar-refractivity contribution in [3.63, 3.8) is 0 Å². The summed E-state index contributed by atoms with van der Waals surface area (Å²) in [6, 6.07) is 39.9. The predicted octanol–water partition coefficient (Wildman–Crippen LogP) is 8.56. The summed E-state index contributed by atoms with van der Waals surface area (Å²) >= 11 is 0. The third-order valence-corrected chi connectivity index (χ3v) is 6.58. The van der Waals surface area contributed by atoms with Crippen molar-refractivity contribution in [1.82, 2.24) is 0 Å². The Morgan fingerprint density at radius 2 is 0.800 bits per heavy atom. The normalized spacial score (nSPS) is 12.0. The summed E-state index contributed by atoms with van der Waals surface area (Å²) in [5.41, 5.74) is 2.60. The van der Waals surface area contributed by atoms with Gasteiger partial charge in [0.2, 0.25) is 0 Å². The summed E-state index contributed by atoms with van der Waals surface area (Å²) in [5, 5.41) is 13.5. The molecule has 30 heavy (non-hydrogen) atoms. The number of fused-ring (bicyclic) bond motifs is 4. The van der Waals surface area contributed by atoms with Crippen LogP contribution < -0.4 is 0 Å². The molecule has 138 valence electrons. The number of rotatable bonds is 1. The Kier molecular flexibility index (Phi) is 3.09. The standard InChI is InChI=1S/C30H18/c1-2-9-19(10-3-1)27-21-13-4-5-14-23(21)29-25-17-7-12-20-11-6-15-22(28(20)25)24-16-8-18-26(27)30(24)29/h1-18H. The predicted molar refractivity (Wildman–Crippen MR) is 131 cm³/mol. The zero-order chi connectivity index (χ0) is 19.7. The van der Waals surface area contributed by atoms with Crippen LogP contribution >= 0.6 is 0 Å². The highest BCUT2D eigenvalue weighted by Gasteiger charge is 2.18. The van der Waals surface area contributed by atoms with Crippen LogP contribution in [0.3, 0.4) is 0 Å². The highest BCUT2D eigenvalue weighted by Crippen LogP contribution is 2.47. The molecule has 0 heterocycles. The summed E-state index contributed by atoms with van der Waals surface area (Å²) in [5.74, 6) is 0. The molecule has 0 radical (unpaired) electrons. The molecule has 0 aromatic heterocycles. The third kappa shape index (κ3) is 1.96. The van der Waals surface area contributed by atoms with Gasteiger partial charge in [-0.3, -0.25) is 0 Å². The fourth-order valence-corrected chi connectivity index (χ4v) is 5.42. The van der Waals surface area contributed by atoms with Crippen LogP contribution in [0.2, 0.25) is 0 Å².